The maximum atomic E-state index is 12.3. The van der Waals surface area contributed by atoms with Gasteiger partial charge in [-0.15, -0.1) is 0 Å². The van der Waals surface area contributed by atoms with E-state index >= 15 is 0 Å². The van der Waals surface area contributed by atoms with Crippen molar-refractivity contribution in [2.24, 2.45) is 29.6 Å². The van der Waals surface area contributed by atoms with Gasteiger partial charge in [-0.1, -0.05) is 30.3 Å². The quantitative estimate of drug-likeness (QED) is 0.444. The van der Waals surface area contributed by atoms with E-state index in [0.717, 1.165) is 17.4 Å². The summed E-state index contributed by atoms with van der Waals surface area (Å²) in [6.45, 7) is 0.0245. The van der Waals surface area contributed by atoms with Crippen molar-refractivity contribution in [3.05, 3.63) is 35.9 Å². The van der Waals surface area contributed by atoms with Gasteiger partial charge in [-0.2, -0.15) is 0 Å². The van der Waals surface area contributed by atoms with Crippen LogP contribution in [0.25, 0.3) is 0 Å². The van der Waals surface area contributed by atoms with Gasteiger partial charge < -0.3 is 10.2 Å². The van der Waals surface area contributed by atoms with Gasteiger partial charge in [-0.05, 0) is 67.3 Å². The fraction of sp³-hybridized carbons (Fsp3) is 0.571. The van der Waals surface area contributed by atoms with E-state index < -0.39 is 17.5 Å². The Hall–Kier alpha value is -2.01. The van der Waals surface area contributed by atoms with Crippen molar-refractivity contribution in [3.63, 3.8) is 0 Å². The maximum absolute atomic E-state index is 12.3. The van der Waals surface area contributed by atoms with E-state index in [2.05, 4.69) is 0 Å². The molecule has 5 nitrogen and oxygen atoms in total. The van der Waals surface area contributed by atoms with Crippen LogP contribution in [0.15, 0.2) is 30.3 Å². The maximum Gasteiger partial charge on any atom is 0.383 e. The number of benzene rings is 1. The largest absolute Gasteiger partial charge is 0.455 e. The minimum Gasteiger partial charge on any atom is -0.455 e. The molecule has 1 aromatic rings. The van der Waals surface area contributed by atoms with Crippen LogP contribution in [0.4, 0.5) is 0 Å². The zero-order valence-corrected chi connectivity index (χ0v) is 14.9. The first-order valence-corrected chi connectivity index (χ1v) is 9.38. The topological polar surface area (TPSA) is 91.9 Å². The predicted molar refractivity (Wildman–Crippen MR) is 95.0 cm³/mol. The third-order valence-corrected chi connectivity index (χ3v) is 6.49. The lowest BCUT2D eigenvalue weighted by atomic mass is 9.51. The van der Waals surface area contributed by atoms with Crippen molar-refractivity contribution in [2.75, 3.05) is 0 Å². The Morgan fingerprint density at radius 1 is 0.885 bits per heavy atom. The fourth-order valence-corrected chi connectivity index (χ4v) is 5.58. The van der Waals surface area contributed by atoms with Crippen molar-refractivity contribution in [3.8, 4) is 0 Å². The molecule has 4 aliphatic rings. The molecule has 0 heterocycles. The van der Waals surface area contributed by atoms with E-state index in [1.54, 1.807) is 0 Å². The van der Waals surface area contributed by atoms with Crippen molar-refractivity contribution < 1.29 is 24.6 Å². The van der Waals surface area contributed by atoms with E-state index in [0.29, 0.717) is 17.8 Å². The van der Waals surface area contributed by atoms with E-state index in [9.17, 15) is 14.4 Å². The van der Waals surface area contributed by atoms with Gasteiger partial charge in [-0.25, -0.2) is 4.79 Å². The third-order valence-electron chi connectivity index (χ3n) is 6.49. The van der Waals surface area contributed by atoms with Crippen LogP contribution in [0.5, 0.6) is 0 Å². The van der Waals surface area contributed by atoms with Crippen LogP contribution in [0.3, 0.4) is 0 Å². The van der Waals surface area contributed by atoms with Gasteiger partial charge in [0.25, 0.3) is 0 Å². The molecule has 5 heteroatoms. The van der Waals surface area contributed by atoms with Gasteiger partial charge in [0.15, 0.2) is 0 Å². The molecule has 1 aromatic carbocycles. The van der Waals surface area contributed by atoms with E-state index in [1.165, 1.54) is 32.1 Å². The molecule has 0 atom stereocenters. The molecule has 4 aliphatic carbocycles. The van der Waals surface area contributed by atoms with Crippen LogP contribution < -0.4 is 0 Å². The van der Waals surface area contributed by atoms with Crippen LogP contribution in [-0.4, -0.2) is 23.0 Å². The average molecular weight is 358 g/mol. The number of ether oxygens (including phenoxy) is 1. The lowest BCUT2D eigenvalue weighted by molar-refractivity contribution is -0.158. The number of Topliss-reactive ketones (excluding diaryl/α,β-unsaturated/α-hetero) is 2. The summed E-state index contributed by atoms with van der Waals surface area (Å²) in [7, 11) is 0. The molecule has 4 fully saturated rings. The fourth-order valence-electron chi connectivity index (χ4n) is 5.58. The summed E-state index contributed by atoms with van der Waals surface area (Å²) in [6, 6.07) is 9.16. The Balaban J connectivity index is 0.00000196. The number of carbonyl (C=O) groups excluding carboxylic acids is 3. The molecule has 4 bridgehead atoms. The Bertz CT molecular complexity index is 653. The second kappa shape index (κ2) is 7.70. The summed E-state index contributed by atoms with van der Waals surface area (Å²) in [4.78, 5) is 36.4. The van der Waals surface area contributed by atoms with Gasteiger partial charge in [0.2, 0.25) is 5.78 Å². The molecule has 0 aliphatic heterocycles. The molecule has 0 saturated heterocycles. The molecule has 0 spiro atoms. The highest BCUT2D eigenvalue weighted by Crippen LogP contribution is 2.57. The van der Waals surface area contributed by atoms with Crippen LogP contribution in [-0.2, 0) is 25.7 Å². The number of ketones is 2. The summed E-state index contributed by atoms with van der Waals surface area (Å²) in [5, 5.41) is 0. The van der Waals surface area contributed by atoms with Crippen molar-refractivity contribution in [1.29, 1.82) is 0 Å². The first-order valence-electron chi connectivity index (χ1n) is 9.38. The Morgan fingerprint density at radius 3 is 2.04 bits per heavy atom. The van der Waals surface area contributed by atoms with E-state index in [1.807, 2.05) is 30.3 Å². The Labute approximate surface area is 153 Å². The summed E-state index contributed by atoms with van der Waals surface area (Å²) in [5.41, 5.74) is 0.803. The highest BCUT2D eigenvalue weighted by molar-refractivity contribution is 6.62. The number of hydrogen-bond acceptors (Lipinski definition) is 4. The first kappa shape index (κ1) is 18.8. The van der Waals surface area contributed by atoms with Gasteiger partial charge in [0.05, 0.1) is 0 Å². The van der Waals surface area contributed by atoms with E-state index in [-0.39, 0.29) is 18.5 Å². The molecule has 0 aromatic heterocycles. The molecule has 26 heavy (non-hydrogen) atoms. The number of carbonyl (C=O) groups is 3. The molecule has 0 unspecified atom stereocenters. The third kappa shape index (κ3) is 3.73. The van der Waals surface area contributed by atoms with Crippen LogP contribution in [0, 0.1) is 29.6 Å². The Morgan fingerprint density at radius 2 is 1.46 bits per heavy atom. The lowest BCUT2D eigenvalue weighted by Crippen LogP contribution is -2.46. The minimum atomic E-state index is -1.02. The van der Waals surface area contributed by atoms with Crippen LogP contribution in [0.2, 0.25) is 0 Å². The standard InChI is InChI=1S/C21H24O4.H2O/c22-19(20(23)21(24)25-12-13-4-2-1-3-5-13)11-18-16-7-14-6-15(9-16)10-17(18)8-14;/h1-5,14-18H,6-12H2;1H2. The number of rotatable bonds is 6. The van der Waals surface area contributed by atoms with E-state index in [4.69, 9.17) is 4.74 Å². The van der Waals surface area contributed by atoms with Crippen LogP contribution in [0.1, 0.15) is 44.1 Å². The highest BCUT2D eigenvalue weighted by Gasteiger charge is 2.49. The number of esters is 1. The smallest absolute Gasteiger partial charge is 0.383 e. The monoisotopic (exact) mass is 358 g/mol. The van der Waals surface area contributed by atoms with Gasteiger partial charge in [0.1, 0.15) is 6.61 Å². The zero-order valence-electron chi connectivity index (χ0n) is 14.9. The van der Waals surface area contributed by atoms with Crippen LogP contribution >= 0.6 is 0 Å². The number of hydrogen-bond donors (Lipinski definition) is 0. The second-order valence-electron chi connectivity index (χ2n) is 8.11. The summed E-state index contributed by atoms with van der Waals surface area (Å²) in [6.07, 6.45) is 6.41. The minimum absolute atomic E-state index is 0. The van der Waals surface area contributed by atoms with Crippen molar-refractivity contribution >= 4 is 17.5 Å². The average Bonchev–Trinajstić information content (AvgIpc) is 2.62. The molecule has 4 saturated carbocycles. The van der Waals surface area contributed by atoms with Gasteiger partial charge in [0, 0.05) is 6.42 Å². The van der Waals surface area contributed by atoms with Crippen molar-refractivity contribution in [2.45, 2.75) is 45.1 Å². The Kier molecular flexibility index (Phi) is 5.56. The van der Waals surface area contributed by atoms with Gasteiger partial charge >= 0.3 is 11.8 Å². The molecule has 5 rings (SSSR count). The molecule has 0 amide bonds. The molecule has 2 N–H and O–H groups in total. The lowest BCUT2D eigenvalue weighted by Gasteiger charge is -2.54. The molecular formula is C21H26O5. The molecule has 0 radical (unpaired) electrons. The SMILES string of the molecule is O.O=C(CC1C2CC3CC(C2)CC1C3)C(=O)C(=O)OCc1ccccc1. The normalized spacial score (nSPS) is 31.2. The molecular weight excluding hydrogens is 332 g/mol. The first-order chi connectivity index (χ1) is 12.1. The van der Waals surface area contributed by atoms with Crippen molar-refractivity contribution in [1.82, 2.24) is 0 Å². The summed E-state index contributed by atoms with van der Waals surface area (Å²) < 4.78 is 5.01. The molecule has 140 valence electrons. The zero-order chi connectivity index (χ0) is 17.4. The predicted octanol–water partition coefficient (Wildman–Crippen LogP) is 2.51. The van der Waals surface area contributed by atoms with Gasteiger partial charge in [-0.3, -0.25) is 9.59 Å². The second-order valence-corrected chi connectivity index (χ2v) is 8.11. The summed E-state index contributed by atoms with van der Waals surface area (Å²) >= 11 is 0. The summed E-state index contributed by atoms with van der Waals surface area (Å²) in [5.74, 6) is 0.562. The highest BCUT2D eigenvalue weighted by atomic mass is 16.5.